The third-order valence-corrected chi connectivity index (χ3v) is 6.12. The Hall–Kier alpha value is -3.43. The number of amides is 1. The number of carbonyl (C=O) groups is 1. The molecule has 0 unspecified atom stereocenters. The average molecular weight is 460 g/mol. The smallest absolute Gasteiger partial charge is 0.329 e. The number of hydrogen-bond donors (Lipinski definition) is 2. The van der Waals surface area contributed by atoms with Crippen LogP contribution in [-0.4, -0.2) is 20.4 Å². The number of aromatic amines is 1. The van der Waals surface area contributed by atoms with Gasteiger partial charge in [0.2, 0.25) is 5.91 Å². The molecule has 2 aromatic heterocycles. The fourth-order valence-corrected chi connectivity index (χ4v) is 4.69. The lowest BCUT2D eigenvalue weighted by molar-refractivity contribution is -0.129. The van der Waals surface area contributed by atoms with Crippen molar-refractivity contribution >= 4 is 16.8 Å². The van der Waals surface area contributed by atoms with Gasteiger partial charge >= 0.3 is 5.69 Å². The number of nitrogens with one attached hydrogen (secondary N) is 2. The van der Waals surface area contributed by atoms with Crippen molar-refractivity contribution in [3.63, 3.8) is 0 Å². The van der Waals surface area contributed by atoms with E-state index in [0.717, 1.165) is 22.9 Å². The molecule has 1 aliphatic carbocycles. The topological polar surface area (TPSA) is 96.9 Å². The molecule has 10 heteroatoms. The fourth-order valence-electron chi connectivity index (χ4n) is 4.69. The lowest BCUT2D eigenvalue weighted by Crippen LogP contribution is -2.51. The van der Waals surface area contributed by atoms with Crippen LogP contribution in [-0.2, 0) is 4.79 Å². The third-order valence-electron chi connectivity index (χ3n) is 6.12. The highest BCUT2D eigenvalue weighted by atomic mass is 19.1. The van der Waals surface area contributed by atoms with E-state index in [0.29, 0.717) is 18.9 Å². The monoisotopic (exact) mass is 460 g/mol. The van der Waals surface area contributed by atoms with E-state index in [-0.39, 0.29) is 27.9 Å². The Morgan fingerprint density at radius 3 is 2.52 bits per heavy atom. The van der Waals surface area contributed by atoms with Gasteiger partial charge in [-0.05, 0) is 49.3 Å². The molecule has 0 spiro atoms. The van der Waals surface area contributed by atoms with Crippen LogP contribution in [0.25, 0.3) is 10.9 Å². The highest BCUT2D eigenvalue weighted by Gasteiger charge is 2.45. The Kier molecular flexibility index (Phi) is 5.63. The second-order valence-corrected chi connectivity index (χ2v) is 9.32. The zero-order valence-corrected chi connectivity index (χ0v) is 18.3. The van der Waals surface area contributed by atoms with Crippen LogP contribution in [0.3, 0.4) is 0 Å². The van der Waals surface area contributed by atoms with Crippen LogP contribution in [0, 0.1) is 28.8 Å². The van der Waals surface area contributed by atoms with Crippen molar-refractivity contribution in [3.8, 4) is 0 Å². The molecule has 1 aliphatic rings. The van der Waals surface area contributed by atoms with Crippen molar-refractivity contribution in [2.45, 2.75) is 45.7 Å². The maximum absolute atomic E-state index is 14.2. The van der Waals surface area contributed by atoms with Crippen LogP contribution in [0.1, 0.15) is 51.4 Å². The van der Waals surface area contributed by atoms with E-state index < -0.39 is 46.7 Å². The van der Waals surface area contributed by atoms with E-state index in [4.69, 9.17) is 0 Å². The highest BCUT2D eigenvalue weighted by molar-refractivity contribution is 5.82. The van der Waals surface area contributed by atoms with Crippen molar-refractivity contribution in [1.82, 2.24) is 19.9 Å². The van der Waals surface area contributed by atoms with Crippen molar-refractivity contribution in [1.29, 1.82) is 0 Å². The summed E-state index contributed by atoms with van der Waals surface area (Å²) >= 11 is 0. The van der Waals surface area contributed by atoms with Crippen LogP contribution in [0.15, 0.2) is 40.1 Å². The molecule has 33 heavy (non-hydrogen) atoms. The zero-order chi connectivity index (χ0) is 24.1. The Labute approximate surface area is 186 Å². The maximum atomic E-state index is 14.2. The number of benzene rings is 1. The first kappa shape index (κ1) is 22.8. The Morgan fingerprint density at radius 1 is 1.18 bits per heavy atom. The number of halogens is 3. The Balaban J connectivity index is 1.76. The van der Waals surface area contributed by atoms with E-state index in [9.17, 15) is 27.6 Å². The Morgan fingerprint density at radius 2 is 1.88 bits per heavy atom. The normalized spacial score (nSPS) is 17.4. The molecule has 0 radical (unpaired) electrons. The van der Waals surface area contributed by atoms with Gasteiger partial charge in [-0.1, -0.05) is 13.8 Å². The predicted molar refractivity (Wildman–Crippen MR) is 115 cm³/mol. The van der Waals surface area contributed by atoms with Gasteiger partial charge in [0.15, 0.2) is 0 Å². The molecule has 1 saturated carbocycles. The fraction of sp³-hybridized carbons (Fsp3) is 0.391. The summed E-state index contributed by atoms with van der Waals surface area (Å²) in [5.74, 6) is -3.47. The van der Waals surface area contributed by atoms with Crippen LogP contribution >= 0.6 is 0 Å². The maximum Gasteiger partial charge on any atom is 0.329 e. The molecule has 1 amide bonds. The summed E-state index contributed by atoms with van der Waals surface area (Å²) in [6.07, 6.45) is 1.96. The van der Waals surface area contributed by atoms with Crippen LogP contribution in [0.5, 0.6) is 0 Å². The number of carbonyl (C=O) groups excluding carboxylic acids is 1. The minimum absolute atomic E-state index is 0.0646. The van der Waals surface area contributed by atoms with Gasteiger partial charge in [0.25, 0.3) is 5.56 Å². The first-order valence-electron chi connectivity index (χ1n) is 10.5. The number of hydrogen-bond acceptors (Lipinski definition) is 4. The standard InChI is InChI=1S/C23H23F3N4O3/c1-11(18-16(26)7-14(25)10-27-18)28-20(31)19(12-8-23(2,3)9-12)30-21(32)15-6-13(24)4-5-17(15)29-22(30)33/h4-7,10-12,19H,8-9H2,1-3H3,(H,28,31)(H,29,33)/t11-,19-/m1/s1. The molecule has 2 heterocycles. The number of H-pyrrole nitrogens is 1. The first-order valence-corrected chi connectivity index (χ1v) is 10.5. The molecule has 0 saturated heterocycles. The van der Waals surface area contributed by atoms with Gasteiger partial charge in [0, 0.05) is 6.07 Å². The number of aromatic nitrogens is 3. The molecule has 4 rings (SSSR count). The summed E-state index contributed by atoms with van der Waals surface area (Å²) in [6.45, 7) is 5.47. The molecule has 2 atom stereocenters. The second-order valence-electron chi connectivity index (χ2n) is 9.32. The van der Waals surface area contributed by atoms with E-state index in [1.807, 2.05) is 13.8 Å². The zero-order valence-electron chi connectivity index (χ0n) is 18.3. The molecule has 7 nitrogen and oxygen atoms in total. The number of rotatable bonds is 5. The Bertz CT molecular complexity index is 1360. The SMILES string of the molecule is C[C@@H](NC(=O)[C@@H](C1CC(C)(C)C1)n1c(=O)[nH]c2ccc(F)cc2c1=O)c1ncc(F)cc1F. The van der Waals surface area contributed by atoms with Crippen molar-refractivity contribution in [2.24, 2.45) is 11.3 Å². The van der Waals surface area contributed by atoms with Gasteiger partial charge < -0.3 is 10.3 Å². The second kappa shape index (κ2) is 8.17. The molecular formula is C23H23F3N4O3. The predicted octanol–water partition coefficient (Wildman–Crippen LogP) is 3.36. The lowest BCUT2D eigenvalue weighted by atomic mass is 9.62. The minimum atomic E-state index is -1.20. The minimum Gasteiger partial charge on any atom is -0.346 e. The van der Waals surface area contributed by atoms with Gasteiger partial charge in [-0.3, -0.25) is 14.6 Å². The summed E-state index contributed by atoms with van der Waals surface area (Å²) in [5, 5.41) is 2.53. The van der Waals surface area contributed by atoms with Crippen molar-refractivity contribution in [3.05, 3.63) is 74.4 Å². The quantitative estimate of drug-likeness (QED) is 0.610. The molecule has 0 aliphatic heterocycles. The number of fused-ring (bicyclic) bond motifs is 1. The molecule has 3 aromatic rings. The summed E-state index contributed by atoms with van der Waals surface area (Å²) < 4.78 is 41.9. The summed E-state index contributed by atoms with van der Waals surface area (Å²) in [5.41, 5.74) is -1.71. The van der Waals surface area contributed by atoms with Gasteiger partial charge in [0.1, 0.15) is 23.5 Å². The molecule has 2 N–H and O–H groups in total. The highest BCUT2D eigenvalue weighted by Crippen LogP contribution is 2.49. The van der Waals surface area contributed by atoms with Gasteiger partial charge in [0.05, 0.1) is 28.8 Å². The van der Waals surface area contributed by atoms with Gasteiger partial charge in [-0.2, -0.15) is 0 Å². The number of pyridine rings is 1. The first-order chi connectivity index (χ1) is 15.5. The third kappa shape index (κ3) is 4.29. The molecular weight excluding hydrogens is 437 g/mol. The van der Waals surface area contributed by atoms with E-state index in [1.165, 1.54) is 13.0 Å². The lowest BCUT2D eigenvalue weighted by Gasteiger charge is -2.46. The van der Waals surface area contributed by atoms with Crippen molar-refractivity contribution < 1.29 is 18.0 Å². The molecule has 1 fully saturated rings. The average Bonchev–Trinajstić information content (AvgIpc) is 2.69. The molecule has 1 aromatic carbocycles. The largest absolute Gasteiger partial charge is 0.346 e. The van der Waals surface area contributed by atoms with E-state index in [1.54, 1.807) is 0 Å². The van der Waals surface area contributed by atoms with Gasteiger partial charge in [-0.25, -0.2) is 22.5 Å². The van der Waals surface area contributed by atoms with Gasteiger partial charge in [-0.15, -0.1) is 0 Å². The van der Waals surface area contributed by atoms with Crippen LogP contribution in [0.2, 0.25) is 0 Å². The van der Waals surface area contributed by atoms with E-state index >= 15 is 0 Å². The van der Waals surface area contributed by atoms with Crippen LogP contribution < -0.4 is 16.6 Å². The van der Waals surface area contributed by atoms with E-state index in [2.05, 4.69) is 15.3 Å². The number of nitrogens with zero attached hydrogens (tertiary/aromatic N) is 2. The molecule has 0 bridgehead atoms. The molecule has 174 valence electrons. The van der Waals surface area contributed by atoms with Crippen LogP contribution in [0.4, 0.5) is 13.2 Å². The summed E-state index contributed by atoms with van der Waals surface area (Å²) in [4.78, 5) is 45.6. The summed E-state index contributed by atoms with van der Waals surface area (Å²) in [6, 6.07) is 1.90. The van der Waals surface area contributed by atoms with Crippen molar-refractivity contribution in [2.75, 3.05) is 0 Å². The summed E-state index contributed by atoms with van der Waals surface area (Å²) in [7, 11) is 0.